The van der Waals surface area contributed by atoms with Crippen molar-refractivity contribution < 1.29 is 14.3 Å². The maximum Gasteiger partial charge on any atom is 0.223 e. The van der Waals surface area contributed by atoms with Gasteiger partial charge in [-0.2, -0.15) is 0 Å². The van der Waals surface area contributed by atoms with Crippen molar-refractivity contribution in [3.8, 4) is 22.9 Å². The van der Waals surface area contributed by atoms with Gasteiger partial charge >= 0.3 is 0 Å². The van der Waals surface area contributed by atoms with Gasteiger partial charge in [0.15, 0.2) is 0 Å². The molecule has 1 amide bonds. The third-order valence-electron chi connectivity index (χ3n) is 4.53. The van der Waals surface area contributed by atoms with E-state index in [4.69, 9.17) is 21.1 Å². The number of carbonyl (C=O) groups excluding carboxylic acids is 1. The van der Waals surface area contributed by atoms with Crippen molar-refractivity contribution in [2.45, 2.75) is 6.42 Å². The lowest BCUT2D eigenvalue weighted by molar-refractivity contribution is -0.119. The first-order valence-corrected chi connectivity index (χ1v) is 9.01. The molecule has 3 heterocycles. The lowest BCUT2D eigenvalue weighted by atomic mass is 10.1. The second-order valence-electron chi connectivity index (χ2n) is 6.42. The first-order valence-electron chi connectivity index (χ1n) is 8.63. The van der Waals surface area contributed by atoms with Crippen LogP contribution in [0.3, 0.4) is 0 Å². The molecule has 4 rings (SSSR count). The van der Waals surface area contributed by atoms with Gasteiger partial charge in [0.2, 0.25) is 11.8 Å². The van der Waals surface area contributed by atoms with Gasteiger partial charge in [0.05, 0.1) is 35.3 Å². The maximum absolute atomic E-state index is 11.4. The molecular formula is C20H18ClN3O3. The van der Waals surface area contributed by atoms with Crippen LogP contribution >= 0.6 is 11.6 Å². The van der Waals surface area contributed by atoms with E-state index in [-0.39, 0.29) is 11.8 Å². The minimum absolute atomic E-state index is 0.0599. The fourth-order valence-corrected chi connectivity index (χ4v) is 3.37. The molecule has 0 bridgehead atoms. The summed E-state index contributed by atoms with van der Waals surface area (Å²) in [7, 11) is 1.58. The van der Waals surface area contributed by atoms with Crippen molar-refractivity contribution in [3.05, 3.63) is 47.6 Å². The molecule has 0 aliphatic carbocycles. The van der Waals surface area contributed by atoms with Crippen molar-refractivity contribution in [1.82, 2.24) is 15.3 Å². The van der Waals surface area contributed by atoms with Gasteiger partial charge in [-0.05, 0) is 36.4 Å². The number of ether oxygens (including phenoxy) is 2. The lowest BCUT2D eigenvalue weighted by Crippen LogP contribution is -2.17. The zero-order valence-corrected chi connectivity index (χ0v) is 15.5. The first kappa shape index (κ1) is 17.5. The molecule has 1 aromatic carbocycles. The Kier molecular flexibility index (Phi) is 4.81. The summed E-state index contributed by atoms with van der Waals surface area (Å²) in [6.45, 7) is 1.05. The minimum Gasteiger partial charge on any atom is -0.495 e. The molecule has 1 aliphatic heterocycles. The molecule has 6 nitrogen and oxygen atoms in total. The van der Waals surface area contributed by atoms with Crippen molar-refractivity contribution in [1.29, 1.82) is 0 Å². The number of pyridine rings is 2. The van der Waals surface area contributed by atoms with E-state index in [1.807, 2.05) is 24.3 Å². The molecular weight excluding hydrogens is 366 g/mol. The summed E-state index contributed by atoms with van der Waals surface area (Å²) >= 11 is 6.26. The molecule has 3 aromatic rings. The zero-order chi connectivity index (χ0) is 18.8. The smallest absolute Gasteiger partial charge is 0.223 e. The first-order chi connectivity index (χ1) is 13.1. The number of fused-ring (bicyclic) bond motifs is 1. The van der Waals surface area contributed by atoms with E-state index in [0.29, 0.717) is 41.9 Å². The highest BCUT2D eigenvalue weighted by atomic mass is 35.5. The largest absolute Gasteiger partial charge is 0.495 e. The van der Waals surface area contributed by atoms with Gasteiger partial charge in [-0.1, -0.05) is 11.6 Å². The molecule has 1 N–H and O–H groups in total. The maximum atomic E-state index is 11.4. The number of amides is 1. The van der Waals surface area contributed by atoms with Crippen LogP contribution in [0.1, 0.15) is 6.42 Å². The summed E-state index contributed by atoms with van der Waals surface area (Å²) in [4.78, 5) is 20.5. The van der Waals surface area contributed by atoms with Crippen LogP contribution < -0.4 is 14.8 Å². The average molecular weight is 384 g/mol. The summed E-state index contributed by atoms with van der Waals surface area (Å²) in [5.41, 5.74) is 2.34. The molecule has 2 aromatic heterocycles. The van der Waals surface area contributed by atoms with Crippen LogP contribution in [-0.2, 0) is 4.79 Å². The lowest BCUT2D eigenvalue weighted by Gasteiger charge is -2.13. The van der Waals surface area contributed by atoms with E-state index in [9.17, 15) is 4.79 Å². The Morgan fingerprint density at radius 2 is 2.19 bits per heavy atom. The van der Waals surface area contributed by atoms with Crippen molar-refractivity contribution >= 4 is 28.4 Å². The van der Waals surface area contributed by atoms with Crippen LogP contribution in [-0.4, -0.2) is 36.1 Å². The number of nitrogens with zero attached hydrogens (tertiary/aromatic N) is 2. The second-order valence-corrected chi connectivity index (χ2v) is 6.82. The van der Waals surface area contributed by atoms with Crippen LogP contribution in [0.4, 0.5) is 0 Å². The van der Waals surface area contributed by atoms with Crippen LogP contribution in [0.2, 0.25) is 5.02 Å². The monoisotopic (exact) mass is 383 g/mol. The molecule has 1 unspecified atom stereocenters. The molecule has 0 spiro atoms. The zero-order valence-electron chi connectivity index (χ0n) is 14.7. The van der Waals surface area contributed by atoms with Crippen LogP contribution in [0.5, 0.6) is 11.6 Å². The minimum atomic E-state index is 0.0599. The molecule has 1 aliphatic rings. The fourth-order valence-electron chi connectivity index (χ4n) is 3.11. The van der Waals surface area contributed by atoms with Gasteiger partial charge in [-0.3, -0.25) is 9.78 Å². The molecule has 27 heavy (non-hydrogen) atoms. The van der Waals surface area contributed by atoms with Gasteiger partial charge in [0.1, 0.15) is 5.75 Å². The summed E-state index contributed by atoms with van der Waals surface area (Å²) in [6, 6.07) is 11.2. The SMILES string of the molecule is COc1ccc(-c2cc3ncccc3c(OCC3CNC(=O)C3)n2)cc1Cl. The number of rotatable bonds is 5. The van der Waals surface area contributed by atoms with Gasteiger partial charge in [-0.15, -0.1) is 0 Å². The summed E-state index contributed by atoms with van der Waals surface area (Å²) in [6.07, 6.45) is 2.21. The Bertz CT molecular complexity index is 1010. The third kappa shape index (κ3) is 3.66. The number of methoxy groups -OCH3 is 1. The fraction of sp³-hybridized carbons (Fsp3) is 0.250. The number of hydrogen-bond donors (Lipinski definition) is 1. The quantitative estimate of drug-likeness (QED) is 0.730. The van der Waals surface area contributed by atoms with Crippen molar-refractivity contribution in [2.24, 2.45) is 5.92 Å². The van der Waals surface area contributed by atoms with Gasteiger partial charge in [-0.25, -0.2) is 4.98 Å². The van der Waals surface area contributed by atoms with Gasteiger partial charge < -0.3 is 14.8 Å². The summed E-state index contributed by atoms with van der Waals surface area (Å²) in [5.74, 6) is 1.31. The van der Waals surface area contributed by atoms with E-state index in [1.165, 1.54) is 0 Å². The van der Waals surface area contributed by atoms with E-state index >= 15 is 0 Å². The highest BCUT2D eigenvalue weighted by Crippen LogP contribution is 2.33. The number of benzene rings is 1. The Labute approximate surface area is 161 Å². The average Bonchev–Trinajstić information content (AvgIpc) is 3.11. The Morgan fingerprint density at radius 3 is 2.93 bits per heavy atom. The molecule has 7 heteroatoms. The molecule has 0 saturated carbocycles. The van der Waals surface area contributed by atoms with E-state index in [0.717, 1.165) is 16.5 Å². The van der Waals surface area contributed by atoms with E-state index < -0.39 is 0 Å². The molecule has 1 atom stereocenters. The standard InChI is InChI=1S/C20H18ClN3O3/c1-26-18-5-4-13(8-15(18)21)16-9-17-14(3-2-6-22-17)20(24-16)27-11-12-7-19(25)23-10-12/h2-6,8-9,12H,7,10-11H2,1H3,(H,23,25). The number of carbonyl (C=O) groups is 1. The van der Waals surface area contributed by atoms with Crippen LogP contribution in [0, 0.1) is 5.92 Å². The van der Waals surface area contributed by atoms with Crippen molar-refractivity contribution in [2.75, 3.05) is 20.3 Å². The van der Waals surface area contributed by atoms with Gasteiger partial charge in [0, 0.05) is 30.6 Å². The predicted octanol–water partition coefficient (Wildman–Crippen LogP) is 3.47. The number of aromatic nitrogens is 2. The number of hydrogen-bond acceptors (Lipinski definition) is 5. The van der Waals surface area contributed by atoms with Gasteiger partial charge in [0.25, 0.3) is 0 Å². The Morgan fingerprint density at radius 1 is 1.30 bits per heavy atom. The molecule has 138 valence electrons. The third-order valence-corrected chi connectivity index (χ3v) is 4.83. The molecule has 0 radical (unpaired) electrons. The topological polar surface area (TPSA) is 73.3 Å². The molecule has 1 saturated heterocycles. The Balaban J connectivity index is 1.69. The number of nitrogens with one attached hydrogen (secondary N) is 1. The summed E-state index contributed by atoms with van der Waals surface area (Å²) in [5, 5.41) is 4.16. The Hall–Kier alpha value is -2.86. The normalized spacial score (nSPS) is 16.4. The van der Waals surface area contributed by atoms with Crippen molar-refractivity contribution in [3.63, 3.8) is 0 Å². The summed E-state index contributed by atoms with van der Waals surface area (Å²) < 4.78 is 11.2. The van der Waals surface area contributed by atoms with E-state index in [2.05, 4.69) is 15.3 Å². The predicted molar refractivity (Wildman–Crippen MR) is 103 cm³/mol. The highest BCUT2D eigenvalue weighted by Gasteiger charge is 2.22. The number of halogens is 1. The second kappa shape index (κ2) is 7.40. The highest BCUT2D eigenvalue weighted by molar-refractivity contribution is 6.32. The van der Waals surface area contributed by atoms with E-state index in [1.54, 1.807) is 25.4 Å². The van der Waals surface area contributed by atoms with Crippen LogP contribution in [0.25, 0.3) is 22.2 Å². The van der Waals surface area contributed by atoms with Crippen LogP contribution in [0.15, 0.2) is 42.6 Å². The molecule has 1 fully saturated rings.